The van der Waals surface area contributed by atoms with Crippen molar-refractivity contribution in [2.24, 2.45) is 0 Å². The number of nitrogens with zero attached hydrogens (tertiary/aromatic N) is 1. The Morgan fingerprint density at radius 2 is 2.10 bits per heavy atom. The highest BCUT2D eigenvalue weighted by Gasteiger charge is 2.19. The van der Waals surface area contributed by atoms with Crippen molar-refractivity contribution in [1.82, 2.24) is 4.90 Å². The molecule has 3 nitrogen and oxygen atoms in total. The molecule has 4 heteroatoms. The Morgan fingerprint density at radius 1 is 1.33 bits per heavy atom. The van der Waals surface area contributed by atoms with Gasteiger partial charge in [0.2, 0.25) is 5.91 Å². The number of likely N-dealkylation sites (N-methyl/N-ethyl adjacent to an activating group) is 1. The maximum Gasteiger partial charge on any atom is 0.241 e. The van der Waals surface area contributed by atoms with Crippen molar-refractivity contribution >= 4 is 22.9 Å². The molecule has 112 valence electrons. The van der Waals surface area contributed by atoms with Gasteiger partial charge in [-0.3, -0.25) is 9.69 Å². The van der Waals surface area contributed by atoms with Gasteiger partial charge in [-0.05, 0) is 67.4 Å². The fraction of sp³-hybridized carbons (Fsp3) is 0.353. The Labute approximate surface area is 130 Å². The molecule has 0 saturated carbocycles. The molecule has 2 aromatic rings. The topological polar surface area (TPSA) is 32.3 Å². The van der Waals surface area contributed by atoms with Crippen molar-refractivity contribution < 1.29 is 4.79 Å². The second-order valence-corrected chi connectivity index (χ2v) is 6.31. The maximum absolute atomic E-state index is 12.4. The minimum atomic E-state index is -0.176. The van der Waals surface area contributed by atoms with Crippen LogP contribution in [0.5, 0.6) is 0 Å². The molecular weight excluding hydrogens is 280 g/mol. The molecule has 1 amide bonds. The molecule has 1 heterocycles. The summed E-state index contributed by atoms with van der Waals surface area (Å²) in [7, 11) is 1.98. The van der Waals surface area contributed by atoms with Gasteiger partial charge in [-0.2, -0.15) is 11.3 Å². The number of rotatable bonds is 5. The maximum atomic E-state index is 12.4. The van der Waals surface area contributed by atoms with Crippen LogP contribution in [0.4, 0.5) is 5.69 Å². The third kappa shape index (κ3) is 4.16. The van der Waals surface area contributed by atoms with E-state index in [2.05, 4.69) is 33.1 Å². The van der Waals surface area contributed by atoms with Crippen LogP contribution in [0.2, 0.25) is 0 Å². The summed E-state index contributed by atoms with van der Waals surface area (Å²) in [6.07, 6.45) is 0. The second-order valence-electron chi connectivity index (χ2n) is 5.53. The van der Waals surface area contributed by atoms with Gasteiger partial charge in [-0.15, -0.1) is 0 Å². The fourth-order valence-corrected chi connectivity index (χ4v) is 2.78. The number of carbonyl (C=O) groups excluding carboxylic acids is 1. The normalized spacial score (nSPS) is 12.4. The lowest BCUT2D eigenvalue weighted by Gasteiger charge is -2.24. The van der Waals surface area contributed by atoms with E-state index in [0.717, 1.165) is 23.4 Å². The van der Waals surface area contributed by atoms with Gasteiger partial charge in [0.15, 0.2) is 0 Å². The predicted molar refractivity (Wildman–Crippen MR) is 89.8 cm³/mol. The van der Waals surface area contributed by atoms with Crippen LogP contribution in [0.15, 0.2) is 35.0 Å². The van der Waals surface area contributed by atoms with Gasteiger partial charge in [-0.25, -0.2) is 0 Å². The Bertz CT molecular complexity index is 607. The predicted octanol–water partition coefficient (Wildman–Crippen LogP) is 3.82. The van der Waals surface area contributed by atoms with E-state index in [0.29, 0.717) is 0 Å². The largest absolute Gasteiger partial charge is 0.324 e. The van der Waals surface area contributed by atoms with Crippen molar-refractivity contribution in [2.45, 2.75) is 33.4 Å². The highest BCUT2D eigenvalue weighted by atomic mass is 32.1. The van der Waals surface area contributed by atoms with Crippen molar-refractivity contribution in [3.8, 4) is 0 Å². The Morgan fingerprint density at radius 3 is 2.76 bits per heavy atom. The molecule has 0 aliphatic heterocycles. The summed E-state index contributed by atoms with van der Waals surface area (Å²) in [4.78, 5) is 14.5. The first kappa shape index (κ1) is 15.7. The smallest absolute Gasteiger partial charge is 0.241 e. The van der Waals surface area contributed by atoms with Gasteiger partial charge in [0.25, 0.3) is 0 Å². The van der Waals surface area contributed by atoms with E-state index in [4.69, 9.17) is 0 Å². The summed E-state index contributed by atoms with van der Waals surface area (Å²) >= 11 is 1.68. The minimum absolute atomic E-state index is 0.0291. The number of hydrogen-bond donors (Lipinski definition) is 1. The van der Waals surface area contributed by atoms with Crippen molar-refractivity contribution in [3.05, 3.63) is 51.7 Å². The molecule has 1 aromatic carbocycles. The van der Waals surface area contributed by atoms with Gasteiger partial charge in [-0.1, -0.05) is 12.1 Å². The lowest BCUT2D eigenvalue weighted by atomic mass is 10.1. The standard InChI is InChI=1S/C17H22N2OS/c1-12-5-6-13(2)16(9-12)18-17(20)14(3)19(4)10-15-7-8-21-11-15/h5-9,11,14H,10H2,1-4H3,(H,18,20)/t14-/m0/s1. The van der Waals surface area contributed by atoms with Crippen LogP contribution in [0.25, 0.3) is 0 Å². The lowest BCUT2D eigenvalue weighted by Crippen LogP contribution is -2.39. The third-order valence-electron chi connectivity index (χ3n) is 3.70. The summed E-state index contributed by atoms with van der Waals surface area (Å²) < 4.78 is 0. The summed E-state index contributed by atoms with van der Waals surface area (Å²) in [6.45, 7) is 6.76. The van der Waals surface area contributed by atoms with E-state index in [9.17, 15) is 4.79 Å². The van der Waals surface area contributed by atoms with Crippen LogP contribution in [-0.2, 0) is 11.3 Å². The van der Waals surface area contributed by atoms with Crippen LogP contribution in [0.3, 0.4) is 0 Å². The number of hydrogen-bond acceptors (Lipinski definition) is 3. The number of nitrogens with one attached hydrogen (secondary N) is 1. The van der Waals surface area contributed by atoms with Crippen LogP contribution < -0.4 is 5.32 Å². The van der Waals surface area contributed by atoms with E-state index in [1.54, 1.807) is 11.3 Å². The van der Waals surface area contributed by atoms with Gasteiger partial charge in [0.1, 0.15) is 0 Å². The van der Waals surface area contributed by atoms with E-state index >= 15 is 0 Å². The second kappa shape index (κ2) is 6.87. The molecule has 0 fully saturated rings. The number of thiophene rings is 1. The fourth-order valence-electron chi connectivity index (χ4n) is 2.12. The van der Waals surface area contributed by atoms with Gasteiger partial charge >= 0.3 is 0 Å². The first-order chi connectivity index (χ1) is 9.97. The number of aryl methyl sites for hydroxylation is 2. The molecule has 0 saturated heterocycles. The molecule has 0 spiro atoms. The van der Waals surface area contributed by atoms with Crippen LogP contribution in [-0.4, -0.2) is 23.9 Å². The summed E-state index contributed by atoms with van der Waals surface area (Å²) in [5.74, 6) is 0.0291. The Balaban J connectivity index is 2.00. The van der Waals surface area contributed by atoms with Crippen molar-refractivity contribution in [2.75, 3.05) is 12.4 Å². The quantitative estimate of drug-likeness (QED) is 0.910. The zero-order valence-corrected chi connectivity index (χ0v) is 13.8. The highest BCUT2D eigenvalue weighted by molar-refractivity contribution is 7.07. The van der Waals surface area contributed by atoms with E-state index < -0.39 is 0 Å². The van der Waals surface area contributed by atoms with Crippen molar-refractivity contribution in [3.63, 3.8) is 0 Å². The molecule has 0 unspecified atom stereocenters. The Hall–Kier alpha value is -1.65. The van der Waals surface area contributed by atoms with Crippen molar-refractivity contribution in [1.29, 1.82) is 0 Å². The van der Waals surface area contributed by atoms with Crippen LogP contribution in [0.1, 0.15) is 23.6 Å². The molecule has 0 aliphatic carbocycles. The van der Waals surface area contributed by atoms with Gasteiger partial charge in [0, 0.05) is 12.2 Å². The zero-order chi connectivity index (χ0) is 15.4. The van der Waals surface area contributed by atoms with Gasteiger partial charge < -0.3 is 5.32 Å². The average Bonchev–Trinajstić information content (AvgIpc) is 2.94. The number of amides is 1. The highest BCUT2D eigenvalue weighted by Crippen LogP contribution is 2.17. The molecule has 2 rings (SSSR count). The lowest BCUT2D eigenvalue weighted by molar-refractivity contribution is -0.120. The number of benzene rings is 1. The third-order valence-corrected chi connectivity index (χ3v) is 4.44. The summed E-state index contributed by atoms with van der Waals surface area (Å²) in [6, 6.07) is 8.02. The number of anilines is 1. The van der Waals surface area contributed by atoms with Crippen LogP contribution >= 0.6 is 11.3 Å². The molecule has 0 aliphatic rings. The van der Waals surface area contributed by atoms with E-state index in [-0.39, 0.29) is 11.9 Å². The average molecular weight is 302 g/mol. The minimum Gasteiger partial charge on any atom is -0.324 e. The first-order valence-corrected chi connectivity index (χ1v) is 8.01. The Kier molecular flexibility index (Phi) is 5.15. The molecule has 1 N–H and O–H groups in total. The summed E-state index contributed by atoms with van der Waals surface area (Å²) in [5, 5.41) is 7.21. The van der Waals surface area contributed by atoms with Crippen LogP contribution in [0, 0.1) is 13.8 Å². The van der Waals surface area contributed by atoms with Gasteiger partial charge in [0.05, 0.1) is 6.04 Å². The molecule has 21 heavy (non-hydrogen) atoms. The molecular formula is C17H22N2OS. The SMILES string of the molecule is Cc1ccc(C)c(NC(=O)[C@H](C)N(C)Cc2ccsc2)c1. The van der Waals surface area contributed by atoms with E-state index in [1.165, 1.54) is 5.56 Å². The van der Waals surface area contributed by atoms with E-state index in [1.807, 2.05) is 40.0 Å². The number of carbonyl (C=O) groups is 1. The zero-order valence-electron chi connectivity index (χ0n) is 13.0. The molecule has 0 bridgehead atoms. The monoisotopic (exact) mass is 302 g/mol. The first-order valence-electron chi connectivity index (χ1n) is 7.07. The molecule has 0 radical (unpaired) electrons. The molecule has 1 atom stereocenters. The summed E-state index contributed by atoms with van der Waals surface area (Å²) in [5.41, 5.74) is 4.38. The molecule has 1 aromatic heterocycles.